The first-order chi connectivity index (χ1) is 9.52. The molecule has 106 valence electrons. The van der Waals surface area contributed by atoms with Gasteiger partial charge >= 0.3 is 0 Å². The van der Waals surface area contributed by atoms with Crippen LogP contribution in [0.25, 0.3) is 0 Å². The molecule has 1 N–H and O–H groups in total. The van der Waals surface area contributed by atoms with Crippen LogP contribution in [0.15, 0.2) is 40.9 Å². The molecular formula is C17H19BrIN. The zero-order valence-corrected chi connectivity index (χ0v) is 15.7. The van der Waals surface area contributed by atoms with Crippen LogP contribution >= 0.6 is 38.5 Å². The van der Waals surface area contributed by atoms with E-state index < -0.39 is 0 Å². The van der Waals surface area contributed by atoms with Gasteiger partial charge in [-0.1, -0.05) is 46.6 Å². The van der Waals surface area contributed by atoms with Gasteiger partial charge in [-0.2, -0.15) is 0 Å². The molecule has 2 aromatic rings. The molecule has 0 amide bonds. The third kappa shape index (κ3) is 3.62. The lowest BCUT2D eigenvalue weighted by atomic mass is 9.93. The van der Waals surface area contributed by atoms with Crippen molar-refractivity contribution in [1.29, 1.82) is 0 Å². The summed E-state index contributed by atoms with van der Waals surface area (Å²) in [6.45, 7) is 7.44. The molecule has 0 heterocycles. The van der Waals surface area contributed by atoms with Crippen molar-refractivity contribution in [3.8, 4) is 0 Å². The minimum absolute atomic E-state index is 0.240. The SMILES string of the molecule is CCNC(c1cc(C)ccc1C)c1cc(Br)ccc1I. The predicted molar refractivity (Wildman–Crippen MR) is 98.3 cm³/mol. The maximum atomic E-state index is 3.63. The number of rotatable bonds is 4. The van der Waals surface area contributed by atoms with E-state index in [2.05, 4.69) is 101 Å². The molecule has 0 bridgehead atoms. The molecule has 2 aromatic carbocycles. The Morgan fingerprint density at radius 1 is 1.10 bits per heavy atom. The van der Waals surface area contributed by atoms with Crippen LogP contribution in [0.4, 0.5) is 0 Å². The summed E-state index contributed by atoms with van der Waals surface area (Å²) in [4.78, 5) is 0. The molecule has 1 unspecified atom stereocenters. The molecule has 0 fully saturated rings. The molecule has 0 radical (unpaired) electrons. The summed E-state index contributed by atoms with van der Waals surface area (Å²) in [5.74, 6) is 0. The van der Waals surface area contributed by atoms with E-state index >= 15 is 0 Å². The van der Waals surface area contributed by atoms with Gasteiger partial charge in [0.1, 0.15) is 0 Å². The van der Waals surface area contributed by atoms with Crippen LogP contribution in [0.1, 0.15) is 35.2 Å². The lowest BCUT2D eigenvalue weighted by Crippen LogP contribution is -2.23. The smallest absolute Gasteiger partial charge is 0.0590 e. The summed E-state index contributed by atoms with van der Waals surface area (Å²) in [7, 11) is 0. The second kappa shape index (κ2) is 7.05. The highest BCUT2D eigenvalue weighted by molar-refractivity contribution is 14.1. The van der Waals surface area contributed by atoms with Crippen molar-refractivity contribution in [2.75, 3.05) is 6.54 Å². The highest BCUT2D eigenvalue weighted by Gasteiger charge is 2.18. The van der Waals surface area contributed by atoms with Gasteiger partial charge in [0.25, 0.3) is 0 Å². The van der Waals surface area contributed by atoms with Crippen LogP contribution in [0.5, 0.6) is 0 Å². The number of benzene rings is 2. The molecule has 1 nitrogen and oxygen atoms in total. The molecule has 20 heavy (non-hydrogen) atoms. The second-order valence-electron chi connectivity index (χ2n) is 5.02. The topological polar surface area (TPSA) is 12.0 Å². The van der Waals surface area contributed by atoms with Gasteiger partial charge < -0.3 is 5.32 Å². The highest BCUT2D eigenvalue weighted by Crippen LogP contribution is 2.31. The molecule has 0 aromatic heterocycles. The fourth-order valence-electron chi connectivity index (χ4n) is 2.40. The van der Waals surface area contributed by atoms with Crippen LogP contribution in [0.2, 0.25) is 0 Å². The molecule has 0 saturated carbocycles. The van der Waals surface area contributed by atoms with Gasteiger partial charge in [-0.3, -0.25) is 0 Å². The Kier molecular flexibility index (Phi) is 5.64. The van der Waals surface area contributed by atoms with Crippen molar-refractivity contribution in [2.24, 2.45) is 0 Å². The van der Waals surface area contributed by atoms with Crippen LogP contribution in [-0.2, 0) is 0 Å². The first kappa shape index (κ1) is 16.0. The third-order valence-corrected chi connectivity index (χ3v) is 4.90. The molecule has 0 aliphatic rings. The van der Waals surface area contributed by atoms with E-state index in [0.29, 0.717) is 0 Å². The average molecular weight is 444 g/mol. The van der Waals surface area contributed by atoms with E-state index in [1.54, 1.807) is 0 Å². The first-order valence-electron chi connectivity index (χ1n) is 6.78. The summed E-state index contributed by atoms with van der Waals surface area (Å²) in [6, 6.07) is 13.4. The van der Waals surface area contributed by atoms with Crippen LogP contribution in [-0.4, -0.2) is 6.54 Å². The molecule has 1 atom stereocenters. The van der Waals surface area contributed by atoms with Gasteiger partial charge in [0, 0.05) is 8.04 Å². The molecule has 0 aliphatic carbocycles. The molecule has 3 heteroatoms. The Hall–Kier alpha value is -0.390. The highest BCUT2D eigenvalue weighted by atomic mass is 127. The Morgan fingerprint density at radius 3 is 2.55 bits per heavy atom. The third-order valence-electron chi connectivity index (χ3n) is 3.42. The standard InChI is InChI=1S/C17H19BrIN/c1-4-20-17(14-9-11(2)5-6-12(14)3)15-10-13(18)7-8-16(15)19/h5-10,17,20H,4H2,1-3H3. The molecule has 0 saturated heterocycles. The van der Waals surface area contributed by atoms with Crippen molar-refractivity contribution in [2.45, 2.75) is 26.8 Å². The summed E-state index contributed by atoms with van der Waals surface area (Å²) < 4.78 is 2.42. The fourth-order valence-corrected chi connectivity index (χ4v) is 3.42. The minimum Gasteiger partial charge on any atom is -0.306 e. The Balaban J connectivity index is 2.55. The number of aryl methyl sites for hydroxylation is 2. The molecule has 0 aliphatic heterocycles. The maximum absolute atomic E-state index is 3.63. The van der Waals surface area contributed by atoms with Gasteiger partial charge in [-0.05, 0) is 77.9 Å². The number of hydrogen-bond acceptors (Lipinski definition) is 1. The van der Waals surface area contributed by atoms with E-state index in [9.17, 15) is 0 Å². The second-order valence-corrected chi connectivity index (χ2v) is 7.09. The summed E-state index contributed by atoms with van der Waals surface area (Å²) >= 11 is 6.01. The Bertz CT molecular complexity index is 558. The summed E-state index contributed by atoms with van der Waals surface area (Å²) in [5.41, 5.74) is 5.33. The van der Waals surface area contributed by atoms with E-state index in [1.807, 2.05) is 0 Å². The lowest BCUT2D eigenvalue weighted by Gasteiger charge is -2.23. The van der Waals surface area contributed by atoms with Crippen molar-refractivity contribution >= 4 is 38.5 Å². The van der Waals surface area contributed by atoms with E-state index in [-0.39, 0.29) is 6.04 Å². The zero-order valence-electron chi connectivity index (χ0n) is 12.0. The van der Waals surface area contributed by atoms with Gasteiger partial charge in [0.05, 0.1) is 6.04 Å². The predicted octanol–water partition coefficient (Wildman–Crippen LogP) is 5.37. The quantitative estimate of drug-likeness (QED) is 0.626. The fraction of sp³-hybridized carbons (Fsp3) is 0.294. The number of nitrogens with one attached hydrogen (secondary N) is 1. The summed E-state index contributed by atoms with van der Waals surface area (Å²) in [5, 5.41) is 3.63. The van der Waals surface area contributed by atoms with Gasteiger partial charge in [0.2, 0.25) is 0 Å². The van der Waals surface area contributed by atoms with Gasteiger partial charge in [-0.25, -0.2) is 0 Å². The summed E-state index contributed by atoms with van der Waals surface area (Å²) in [6.07, 6.45) is 0. The largest absolute Gasteiger partial charge is 0.306 e. The van der Waals surface area contributed by atoms with Crippen LogP contribution in [0.3, 0.4) is 0 Å². The van der Waals surface area contributed by atoms with Crippen molar-refractivity contribution in [3.05, 3.63) is 66.7 Å². The van der Waals surface area contributed by atoms with E-state index in [0.717, 1.165) is 11.0 Å². The normalized spacial score (nSPS) is 12.4. The number of halogens is 2. The molecule has 0 spiro atoms. The van der Waals surface area contributed by atoms with Crippen molar-refractivity contribution in [1.82, 2.24) is 5.32 Å². The maximum Gasteiger partial charge on any atom is 0.0590 e. The van der Waals surface area contributed by atoms with E-state index in [4.69, 9.17) is 0 Å². The zero-order chi connectivity index (χ0) is 14.7. The lowest BCUT2D eigenvalue weighted by molar-refractivity contribution is 0.624. The van der Waals surface area contributed by atoms with E-state index in [1.165, 1.54) is 25.8 Å². The van der Waals surface area contributed by atoms with Crippen molar-refractivity contribution < 1.29 is 0 Å². The molecule has 2 rings (SSSR count). The average Bonchev–Trinajstić information content (AvgIpc) is 2.42. The minimum atomic E-state index is 0.240. The Labute approximate surface area is 143 Å². The van der Waals surface area contributed by atoms with Crippen LogP contribution < -0.4 is 5.32 Å². The van der Waals surface area contributed by atoms with Gasteiger partial charge in [-0.15, -0.1) is 0 Å². The number of hydrogen-bond donors (Lipinski definition) is 1. The monoisotopic (exact) mass is 443 g/mol. The first-order valence-corrected chi connectivity index (χ1v) is 8.65. The van der Waals surface area contributed by atoms with Gasteiger partial charge in [0.15, 0.2) is 0 Å². The van der Waals surface area contributed by atoms with Crippen molar-refractivity contribution in [3.63, 3.8) is 0 Å². The Morgan fingerprint density at radius 2 is 1.85 bits per heavy atom. The van der Waals surface area contributed by atoms with Crippen LogP contribution in [0, 0.1) is 17.4 Å². The molecular weight excluding hydrogens is 425 g/mol.